The van der Waals surface area contributed by atoms with Crippen LogP contribution in [0.25, 0.3) is 16.5 Å². The third kappa shape index (κ3) is 4.92. The minimum absolute atomic E-state index is 0.0765. The maximum atomic E-state index is 12.1. The molecule has 0 saturated carbocycles. The highest BCUT2D eigenvalue weighted by atomic mass is 16.5. The second kappa shape index (κ2) is 8.17. The average Bonchev–Trinajstić information content (AvgIpc) is 2.69. The topological polar surface area (TPSA) is 50.4 Å². The first-order chi connectivity index (χ1) is 13.3. The fourth-order valence-electron chi connectivity index (χ4n) is 2.83. The number of hydrazine groups is 1. The predicted molar refractivity (Wildman–Crippen MR) is 115 cm³/mol. The minimum Gasteiger partial charge on any atom is -0.484 e. The lowest BCUT2D eigenvalue weighted by atomic mass is 9.87. The number of carbonyl (C=O) groups excluding carboxylic acids is 1. The van der Waals surface area contributed by atoms with E-state index in [4.69, 9.17) is 4.74 Å². The van der Waals surface area contributed by atoms with Crippen LogP contribution in [-0.4, -0.2) is 12.5 Å². The number of benzene rings is 3. The zero-order valence-electron chi connectivity index (χ0n) is 16.6. The van der Waals surface area contributed by atoms with Gasteiger partial charge < -0.3 is 4.74 Å². The van der Waals surface area contributed by atoms with Crippen molar-refractivity contribution < 1.29 is 9.53 Å². The molecule has 0 saturated heterocycles. The van der Waals surface area contributed by atoms with Crippen molar-refractivity contribution in [2.75, 3.05) is 6.61 Å². The molecule has 0 aliphatic heterocycles. The fraction of sp³-hybridized carbons (Fsp3) is 0.208. The molecule has 28 heavy (non-hydrogen) atoms. The Bertz CT molecular complexity index is 985. The fourth-order valence-corrected chi connectivity index (χ4v) is 2.83. The minimum atomic E-state index is -0.276. The summed E-state index contributed by atoms with van der Waals surface area (Å²) in [5, 5.41) is 2.28. The van der Waals surface area contributed by atoms with Crippen LogP contribution in [0, 0.1) is 0 Å². The van der Waals surface area contributed by atoms with E-state index in [1.807, 2.05) is 60.7 Å². The SMILES string of the molecule is C=C(NNC(=O)COc1ccc(C(C)(C)C)cc1)c1ccc2ccccc2c1. The van der Waals surface area contributed by atoms with Crippen LogP contribution < -0.4 is 15.6 Å². The lowest BCUT2D eigenvalue weighted by molar-refractivity contribution is -0.123. The van der Waals surface area contributed by atoms with E-state index in [0.29, 0.717) is 11.4 Å². The van der Waals surface area contributed by atoms with Gasteiger partial charge in [-0.1, -0.05) is 75.9 Å². The molecule has 0 aromatic heterocycles. The molecule has 4 nitrogen and oxygen atoms in total. The summed E-state index contributed by atoms with van der Waals surface area (Å²) in [7, 11) is 0. The molecule has 0 unspecified atom stereocenters. The van der Waals surface area contributed by atoms with Crippen molar-refractivity contribution in [3.05, 3.63) is 84.4 Å². The molecule has 0 aliphatic carbocycles. The molecular formula is C24H26N2O2. The van der Waals surface area contributed by atoms with Gasteiger partial charge in [-0.15, -0.1) is 0 Å². The number of carbonyl (C=O) groups is 1. The maximum Gasteiger partial charge on any atom is 0.276 e. The maximum absolute atomic E-state index is 12.1. The van der Waals surface area contributed by atoms with Crippen LogP contribution in [0.5, 0.6) is 5.75 Å². The number of hydrogen-bond donors (Lipinski definition) is 2. The number of nitrogens with one attached hydrogen (secondary N) is 2. The second-order valence-corrected chi connectivity index (χ2v) is 7.78. The van der Waals surface area contributed by atoms with E-state index in [0.717, 1.165) is 16.3 Å². The lowest BCUT2D eigenvalue weighted by Crippen LogP contribution is -2.38. The summed E-state index contributed by atoms with van der Waals surface area (Å²) in [6, 6.07) is 21.9. The Morgan fingerprint density at radius 2 is 1.61 bits per heavy atom. The lowest BCUT2D eigenvalue weighted by Gasteiger charge is -2.19. The van der Waals surface area contributed by atoms with E-state index in [1.54, 1.807) is 0 Å². The zero-order valence-corrected chi connectivity index (χ0v) is 16.6. The van der Waals surface area contributed by atoms with E-state index in [-0.39, 0.29) is 17.9 Å². The number of hydrogen-bond acceptors (Lipinski definition) is 3. The summed E-state index contributed by atoms with van der Waals surface area (Å²) in [6.07, 6.45) is 0. The second-order valence-electron chi connectivity index (χ2n) is 7.78. The summed E-state index contributed by atoms with van der Waals surface area (Å²) < 4.78 is 5.55. The van der Waals surface area contributed by atoms with Gasteiger partial charge in [0.1, 0.15) is 5.75 Å². The van der Waals surface area contributed by atoms with Gasteiger partial charge in [-0.05, 0) is 45.5 Å². The largest absolute Gasteiger partial charge is 0.484 e. The Morgan fingerprint density at radius 1 is 0.929 bits per heavy atom. The molecule has 0 spiro atoms. The molecule has 0 aliphatic rings. The molecular weight excluding hydrogens is 348 g/mol. The van der Waals surface area contributed by atoms with Crippen molar-refractivity contribution in [1.29, 1.82) is 0 Å². The van der Waals surface area contributed by atoms with Crippen molar-refractivity contribution in [2.24, 2.45) is 0 Å². The molecule has 3 aromatic carbocycles. The normalized spacial score (nSPS) is 11.1. The molecule has 2 N–H and O–H groups in total. The third-order valence-electron chi connectivity index (χ3n) is 4.54. The van der Waals surface area contributed by atoms with Gasteiger partial charge in [0.15, 0.2) is 6.61 Å². The summed E-state index contributed by atoms with van der Waals surface area (Å²) in [4.78, 5) is 12.1. The van der Waals surface area contributed by atoms with Gasteiger partial charge >= 0.3 is 0 Å². The van der Waals surface area contributed by atoms with Gasteiger partial charge in [0.2, 0.25) is 0 Å². The first kappa shape index (κ1) is 19.5. The monoisotopic (exact) mass is 374 g/mol. The summed E-state index contributed by atoms with van der Waals surface area (Å²) in [6.45, 7) is 10.4. The van der Waals surface area contributed by atoms with Crippen LogP contribution in [0.2, 0.25) is 0 Å². The third-order valence-corrected chi connectivity index (χ3v) is 4.54. The molecule has 0 atom stereocenters. The van der Waals surface area contributed by atoms with Crippen LogP contribution >= 0.6 is 0 Å². The van der Waals surface area contributed by atoms with E-state index in [1.165, 1.54) is 5.56 Å². The standard InChI is InChI=1S/C24H26N2O2/c1-17(19-10-9-18-7-5-6-8-20(18)15-19)25-26-23(27)16-28-22-13-11-21(12-14-22)24(2,3)4/h5-15,25H,1,16H2,2-4H3,(H,26,27). The highest BCUT2D eigenvalue weighted by molar-refractivity contribution is 5.86. The first-order valence-corrected chi connectivity index (χ1v) is 9.29. The van der Waals surface area contributed by atoms with E-state index < -0.39 is 0 Å². The number of fused-ring (bicyclic) bond motifs is 1. The summed E-state index contributed by atoms with van der Waals surface area (Å²) in [5.41, 5.74) is 8.32. The molecule has 0 heterocycles. The molecule has 1 amide bonds. The zero-order chi connectivity index (χ0) is 20.1. The Labute approximate surface area is 166 Å². The van der Waals surface area contributed by atoms with E-state index in [9.17, 15) is 4.79 Å². The van der Waals surface area contributed by atoms with Gasteiger partial charge in [0, 0.05) is 0 Å². The molecule has 0 bridgehead atoms. The average molecular weight is 374 g/mol. The van der Waals surface area contributed by atoms with Crippen molar-refractivity contribution >= 4 is 22.4 Å². The molecule has 4 heteroatoms. The molecule has 3 rings (SSSR count). The number of ether oxygens (including phenoxy) is 1. The van der Waals surface area contributed by atoms with Gasteiger partial charge in [-0.25, -0.2) is 0 Å². The summed E-state index contributed by atoms with van der Waals surface area (Å²) >= 11 is 0. The van der Waals surface area contributed by atoms with Crippen molar-refractivity contribution in [2.45, 2.75) is 26.2 Å². The van der Waals surface area contributed by atoms with Crippen LogP contribution in [0.3, 0.4) is 0 Å². The molecule has 144 valence electrons. The van der Waals surface area contributed by atoms with Crippen molar-refractivity contribution in [3.8, 4) is 5.75 Å². The Morgan fingerprint density at radius 3 is 2.29 bits per heavy atom. The number of rotatable bonds is 6. The highest BCUT2D eigenvalue weighted by Crippen LogP contribution is 2.24. The molecule has 0 radical (unpaired) electrons. The van der Waals surface area contributed by atoms with Gasteiger partial charge in [0.25, 0.3) is 5.91 Å². The Kier molecular flexibility index (Phi) is 5.69. The van der Waals surface area contributed by atoms with E-state index in [2.05, 4.69) is 44.3 Å². The Balaban J connectivity index is 1.50. The van der Waals surface area contributed by atoms with Crippen molar-refractivity contribution in [3.63, 3.8) is 0 Å². The quantitative estimate of drug-likeness (QED) is 0.609. The van der Waals surface area contributed by atoms with Crippen LogP contribution in [-0.2, 0) is 10.2 Å². The molecule has 3 aromatic rings. The smallest absolute Gasteiger partial charge is 0.276 e. The van der Waals surface area contributed by atoms with E-state index >= 15 is 0 Å². The van der Waals surface area contributed by atoms with Crippen molar-refractivity contribution in [1.82, 2.24) is 10.9 Å². The van der Waals surface area contributed by atoms with Crippen LogP contribution in [0.1, 0.15) is 31.9 Å². The highest BCUT2D eigenvalue weighted by Gasteiger charge is 2.13. The van der Waals surface area contributed by atoms with Crippen LogP contribution in [0.4, 0.5) is 0 Å². The number of amides is 1. The van der Waals surface area contributed by atoms with Gasteiger partial charge in [-0.2, -0.15) is 0 Å². The van der Waals surface area contributed by atoms with Crippen LogP contribution in [0.15, 0.2) is 73.3 Å². The first-order valence-electron chi connectivity index (χ1n) is 9.29. The van der Waals surface area contributed by atoms with Gasteiger partial charge in [0.05, 0.1) is 5.70 Å². The Hall–Kier alpha value is -3.27. The predicted octanol–water partition coefficient (Wildman–Crippen LogP) is 4.81. The summed E-state index contributed by atoms with van der Waals surface area (Å²) in [5.74, 6) is 0.387. The van der Waals surface area contributed by atoms with Gasteiger partial charge in [-0.3, -0.25) is 15.6 Å². The molecule has 0 fully saturated rings.